The number of nitrogens with zero attached hydrogens (tertiary/aromatic N) is 2. The van der Waals surface area contributed by atoms with Crippen molar-refractivity contribution in [1.82, 2.24) is 9.55 Å². The first-order valence-corrected chi connectivity index (χ1v) is 3.80. The van der Waals surface area contributed by atoms with Crippen LogP contribution in [0, 0.1) is 12.3 Å². The molecule has 1 heterocycles. The second kappa shape index (κ2) is 3.45. The van der Waals surface area contributed by atoms with Gasteiger partial charge in [0.25, 0.3) is 0 Å². The number of hydrogen-bond acceptors (Lipinski definition) is 1. The molecular formula is C8H9ClN2. The van der Waals surface area contributed by atoms with E-state index in [0.29, 0.717) is 11.6 Å². The zero-order valence-electron chi connectivity index (χ0n) is 6.34. The van der Waals surface area contributed by atoms with E-state index in [2.05, 4.69) is 10.9 Å². The van der Waals surface area contributed by atoms with Crippen LogP contribution in [0.15, 0.2) is 6.33 Å². The number of imidazole rings is 1. The molecule has 0 aromatic carbocycles. The molecule has 0 fully saturated rings. The van der Waals surface area contributed by atoms with Crippen molar-refractivity contribution < 1.29 is 0 Å². The predicted octanol–water partition coefficient (Wildman–Crippen LogP) is 1.73. The van der Waals surface area contributed by atoms with Crippen LogP contribution in [0.3, 0.4) is 0 Å². The molecule has 0 N–H and O–H groups in total. The Morgan fingerprint density at radius 3 is 3.09 bits per heavy atom. The molecule has 0 atom stereocenters. The van der Waals surface area contributed by atoms with E-state index in [4.69, 9.17) is 18.0 Å². The van der Waals surface area contributed by atoms with E-state index in [-0.39, 0.29) is 0 Å². The molecule has 3 heteroatoms. The number of terminal acetylenes is 1. The van der Waals surface area contributed by atoms with Crippen LogP contribution in [-0.2, 0) is 13.0 Å². The van der Waals surface area contributed by atoms with E-state index in [9.17, 15) is 0 Å². The van der Waals surface area contributed by atoms with Crippen molar-refractivity contribution in [1.29, 1.82) is 0 Å². The van der Waals surface area contributed by atoms with Crippen molar-refractivity contribution in [3.8, 4) is 12.3 Å². The van der Waals surface area contributed by atoms with Gasteiger partial charge in [0.2, 0.25) is 0 Å². The lowest BCUT2D eigenvalue weighted by molar-refractivity contribution is 0.728. The van der Waals surface area contributed by atoms with Gasteiger partial charge in [-0.3, -0.25) is 0 Å². The smallest absolute Gasteiger partial charge is 0.151 e. The third-order valence-electron chi connectivity index (χ3n) is 1.51. The fraction of sp³-hybridized carbons (Fsp3) is 0.375. The molecule has 0 amide bonds. The summed E-state index contributed by atoms with van der Waals surface area (Å²) in [5, 5.41) is 0.518. The summed E-state index contributed by atoms with van der Waals surface area (Å²) in [5.74, 6) is 2.54. The van der Waals surface area contributed by atoms with Crippen LogP contribution in [0.25, 0.3) is 0 Å². The van der Waals surface area contributed by atoms with Crippen LogP contribution in [0.5, 0.6) is 0 Å². The van der Waals surface area contributed by atoms with Crippen molar-refractivity contribution in [3.63, 3.8) is 0 Å². The molecule has 2 nitrogen and oxygen atoms in total. The van der Waals surface area contributed by atoms with Crippen molar-refractivity contribution in [2.24, 2.45) is 0 Å². The van der Waals surface area contributed by atoms with Crippen molar-refractivity contribution in [2.45, 2.75) is 19.9 Å². The average molecular weight is 169 g/mol. The highest BCUT2D eigenvalue weighted by Crippen LogP contribution is 2.13. The van der Waals surface area contributed by atoms with Gasteiger partial charge in [0.05, 0.1) is 18.4 Å². The Balaban J connectivity index is 2.99. The molecule has 0 saturated carbocycles. The topological polar surface area (TPSA) is 17.8 Å². The van der Waals surface area contributed by atoms with Gasteiger partial charge in [0, 0.05) is 6.54 Å². The third-order valence-corrected chi connectivity index (χ3v) is 1.82. The second-order valence-corrected chi connectivity index (χ2v) is 2.51. The fourth-order valence-corrected chi connectivity index (χ4v) is 1.15. The molecule has 58 valence electrons. The number of aromatic nitrogens is 2. The van der Waals surface area contributed by atoms with E-state index in [1.807, 2.05) is 11.5 Å². The summed E-state index contributed by atoms with van der Waals surface area (Å²) < 4.78 is 1.95. The third kappa shape index (κ3) is 1.55. The summed E-state index contributed by atoms with van der Waals surface area (Å²) in [6.45, 7) is 2.88. The summed E-state index contributed by atoms with van der Waals surface area (Å²) in [6, 6.07) is 0. The first-order valence-electron chi connectivity index (χ1n) is 3.42. The second-order valence-electron chi connectivity index (χ2n) is 2.15. The molecule has 0 saturated heterocycles. The zero-order valence-corrected chi connectivity index (χ0v) is 7.10. The van der Waals surface area contributed by atoms with Gasteiger partial charge < -0.3 is 4.57 Å². The normalized spacial score (nSPS) is 9.55. The monoisotopic (exact) mass is 168 g/mol. The lowest BCUT2D eigenvalue weighted by Crippen LogP contribution is -1.98. The molecule has 0 unspecified atom stereocenters. The Kier molecular flexibility index (Phi) is 2.56. The van der Waals surface area contributed by atoms with Gasteiger partial charge in [-0.15, -0.1) is 12.3 Å². The number of rotatable bonds is 2. The van der Waals surface area contributed by atoms with Gasteiger partial charge in [-0.1, -0.05) is 11.6 Å². The highest BCUT2D eigenvalue weighted by atomic mass is 35.5. The number of hydrogen-bond donors (Lipinski definition) is 0. The standard InChI is InChI=1S/C8H9ClN2/c1-3-5-7-8(9)10-6-11(7)4-2/h1,6H,4-5H2,2H3. The molecule has 1 rings (SSSR count). The number of aryl methyl sites for hydroxylation is 1. The fourth-order valence-electron chi connectivity index (χ4n) is 0.927. The maximum atomic E-state index is 5.77. The van der Waals surface area contributed by atoms with Crippen LogP contribution in [-0.4, -0.2) is 9.55 Å². The Morgan fingerprint density at radius 2 is 2.55 bits per heavy atom. The zero-order chi connectivity index (χ0) is 8.27. The Labute approximate surface area is 71.2 Å². The van der Waals surface area contributed by atoms with Gasteiger partial charge in [-0.2, -0.15) is 0 Å². The molecule has 11 heavy (non-hydrogen) atoms. The quantitative estimate of drug-likeness (QED) is 0.615. The average Bonchev–Trinajstić information content (AvgIpc) is 2.34. The van der Waals surface area contributed by atoms with Crippen molar-refractivity contribution in [2.75, 3.05) is 0 Å². The summed E-state index contributed by atoms with van der Waals surface area (Å²) in [7, 11) is 0. The lowest BCUT2D eigenvalue weighted by atomic mass is 10.3. The maximum Gasteiger partial charge on any atom is 0.151 e. The van der Waals surface area contributed by atoms with Crippen LogP contribution in [0.1, 0.15) is 12.6 Å². The van der Waals surface area contributed by atoms with E-state index < -0.39 is 0 Å². The van der Waals surface area contributed by atoms with Crippen molar-refractivity contribution >= 4 is 11.6 Å². The van der Waals surface area contributed by atoms with E-state index in [0.717, 1.165) is 12.2 Å². The molecule has 0 spiro atoms. The first kappa shape index (κ1) is 8.16. The molecule has 0 aliphatic carbocycles. The molecule has 1 aromatic rings. The molecule has 0 aliphatic rings. The van der Waals surface area contributed by atoms with E-state index >= 15 is 0 Å². The van der Waals surface area contributed by atoms with Crippen LogP contribution >= 0.6 is 11.6 Å². The maximum absolute atomic E-state index is 5.77. The Bertz CT molecular complexity index is 283. The minimum atomic E-state index is 0.518. The summed E-state index contributed by atoms with van der Waals surface area (Å²) in [6.07, 6.45) is 7.41. The Morgan fingerprint density at radius 1 is 1.82 bits per heavy atom. The van der Waals surface area contributed by atoms with E-state index in [1.54, 1.807) is 6.33 Å². The molecule has 0 bridgehead atoms. The van der Waals surface area contributed by atoms with Gasteiger partial charge in [-0.25, -0.2) is 4.98 Å². The first-order chi connectivity index (χ1) is 5.29. The molecule has 1 aromatic heterocycles. The summed E-state index contributed by atoms with van der Waals surface area (Å²) >= 11 is 5.77. The lowest BCUT2D eigenvalue weighted by Gasteiger charge is -2.00. The van der Waals surface area contributed by atoms with Gasteiger partial charge in [0.1, 0.15) is 0 Å². The highest BCUT2D eigenvalue weighted by Gasteiger charge is 2.04. The van der Waals surface area contributed by atoms with E-state index in [1.165, 1.54) is 0 Å². The highest BCUT2D eigenvalue weighted by molar-refractivity contribution is 6.30. The summed E-state index contributed by atoms with van der Waals surface area (Å²) in [5.41, 5.74) is 0.927. The molecule has 0 aliphatic heterocycles. The largest absolute Gasteiger partial charge is 0.333 e. The van der Waals surface area contributed by atoms with Gasteiger partial charge in [-0.05, 0) is 6.92 Å². The van der Waals surface area contributed by atoms with Gasteiger partial charge >= 0.3 is 0 Å². The number of halogens is 1. The molecular weight excluding hydrogens is 160 g/mol. The van der Waals surface area contributed by atoms with Gasteiger partial charge in [0.15, 0.2) is 5.15 Å². The minimum Gasteiger partial charge on any atom is -0.333 e. The van der Waals surface area contributed by atoms with Crippen LogP contribution in [0.2, 0.25) is 5.15 Å². The minimum absolute atomic E-state index is 0.518. The SMILES string of the molecule is C#CCc1c(Cl)ncn1CC. The molecule has 0 radical (unpaired) electrons. The van der Waals surface area contributed by atoms with Crippen LogP contribution < -0.4 is 0 Å². The van der Waals surface area contributed by atoms with Crippen molar-refractivity contribution in [3.05, 3.63) is 17.2 Å². The van der Waals surface area contributed by atoms with Crippen LogP contribution in [0.4, 0.5) is 0 Å². The summed E-state index contributed by atoms with van der Waals surface area (Å²) in [4.78, 5) is 3.94. The predicted molar refractivity (Wildman–Crippen MR) is 45.4 cm³/mol. The Hall–Kier alpha value is -0.940.